The van der Waals surface area contributed by atoms with Crippen LogP contribution in [-0.2, 0) is 4.79 Å². The fourth-order valence-corrected chi connectivity index (χ4v) is 1.29. The van der Waals surface area contributed by atoms with Crippen LogP contribution in [0.4, 0.5) is 0 Å². The van der Waals surface area contributed by atoms with Crippen LogP contribution in [0.15, 0.2) is 15.0 Å². The molecule has 0 saturated heterocycles. The quantitative estimate of drug-likeness (QED) is 0.492. The van der Waals surface area contributed by atoms with Crippen molar-refractivity contribution in [3.05, 3.63) is 0 Å². The van der Waals surface area contributed by atoms with E-state index in [4.69, 9.17) is 11.6 Å². The highest BCUT2D eigenvalue weighted by Gasteiger charge is 2.34. The Balaban J connectivity index is 2.42. The summed E-state index contributed by atoms with van der Waals surface area (Å²) in [5.41, 5.74) is 0. The minimum atomic E-state index is -0.465. The van der Waals surface area contributed by atoms with Gasteiger partial charge >= 0.3 is 0 Å². The molecule has 2 aliphatic heterocycles. The SMILES string of the molecule is CN1C=NC2=NC(Cl)=NC(=O)C21. The number of aliphatic imine (C=N–C) groups is 3. The number of carbonyl (C=O) groups excluding carboxylic acids is 1. The van der Waals surface area contributed by atoms with Gasteiger partial charge < -0.3 is 4.90 Å². The van der Waals surface area contributed by atoms with E-state index >= 15 is 0 Å². The maximum Gasteiger partial charge on any atom is 0.279 e. The standard InChI is InChI=1S/C6H5ClN4O/c1-11-2-8-4-3(11)5(12)10-6(7)9-4/h2-3H,1H3. The Kier molecular flexibility index (Phi) is 1.47. The van der Waals surface area contributed by atoms with Crippen molar-refractivity contribution in [3.63, 3.8) is 0 Å². The van der Waals surface area contributed by atoms with Crippen LogP contribution in [0, 0.1) is 0 Å². The third kappa shape index (κ3) is 0.937. The van der Waals surface area contributed by atoms with Gasteiger partial charge in [-0.1, -0.05) is 0 Å². The van der Waals surface area contributed by atoms with Gasteiger partial charge in [-0.2, -0.15) is 9.98 Å². The van der Waals surface area contributed by atoms with E-state index in [1.807, 2.05) is 0 Å². The molecule has 0 aromatic heterocycles. The number of amidine groups is 2. The fourth-order valence-electron chi connectivity index (χ4n) is 1.12. The summed E-state index contributed by atoms with van der Waals surface area (Å²) in [6.07, 6.45) is 1.53. The fraction of sp³-hybridized carbons (Fsp3) is 0.333. The molecule has 12 heavy (non-hydrogen) atoms. The molecule has 0 aliphatic carbocycles. The van der Waals surface area contributed by atoms with Crippen LogP contribution in [-0.4, -0.2) is 41.4 Å². The van der Waals surface area contributed by atoms with Crippen LogP contribution >= 0.6 is 11.6 Å². The predicted molar refractivity (Wildman–Crippen MR) is 45.8 cm³/mol. The van der Waals surface area contributed by atoms with Crippen LogP contribution in [0.1, 0.15) is 0 Å². The second kappa shape index (κ2) is 2.38. The first-order valence-electron chi connectivity index (χ1n) is 3.31. The van der Waals surface area contributed by atoms with Crippen LogP contribution in [0.5, 0.6) is 0 Å². The molecule has 0 bridgehead atoms. The molecule has 2 aliphatic rings. The highest BCUT2D eigenvalue weighted by atomic mass is 35.5. The summed E-state index contributed by atoms with van der Waals surface area (Å²) in [6.45, 7) is 0. The number of fused-ring (bicyclic) bond motifs is 1. The monoisotopic (exact) mass is 184 g/mol. The highest BCUT2D eigenvalue weighted by molar-refractivity contribution is 6.67. The molecule has 62 valence electrons. The van der Waals surface area contributed by atoms with E-state index in [1.165, 1.54) is 6.34 Å². The average molecular weight is 185 g/mol. The third-order valence-electron chi connectivity index (χ3n) is 1.67. The van der Waals surface area contributed by atoms with Gasteiger partial charge in [-0.25, -0.2) is 4.99 Å². The number of rotatable bonds is 0. The normalized spacial score (nSPS) is 27.0. The smallest absolute Gasteiger partial charge is 0.279 e. The Morgan fingerprint density at radius 1 is 1.58 bits per heavy atom. The molecule has 1 atom stereocenters. The second-order valence-electron chi connectivity index (χ2n) is 2.50. The van der Waals surface area contributed by atoms with E-state index in [0.717, 1.165) is 0 Å². The largest absolute Gasteiger partial charge is 0.347 e. The summed E-state index contributed by atoms with van der Waals surface area (Å²) < 4.78 is 0. The first kappa shape index (κ1) is 7.42. The molecular formula is C6H5ClN4O. The zero-order chi connectivity index (χ0) is 8.72. The lowest BCUT2D eigenvalue weighted by Gasteiger charge is -2.17. The van der Waals surface area contributed by atoms with Crippen LogP contribution in [0.25, 0.3) is 0 Å². The van der Waals surface area contributed by atoms with E-state index in [-0.39, 0.29) is 11.2 Å². The van der Waals surface area contributed by atoms with Crippen molar-refractivity contribution < 1.29 is 4.79 Å². The van der Waals surface area contributed by atoms with E-state index in [0.29, 0.717) is 5.84 Å². The molecular weight excluding hydrogens is 180 g/mol. The molecule has 0 saturated carbocycles. The van der Waals surface area contributed by atoms with Crippen LogP contribution in [0.2, 0.25) is 0 Å². The summed E-state index contributed by atoms with van der Waals surface area (Å²) in [6, 6.07) is -0.465. The third-order valence-corrected chi connectivity index (χ3v) is 1.84. The maximum atomic E-state index is 11.2. The first-order valence-corrected chi connectivity index (χ1v) is 3.69. The lowest BCUT2D eigenvalue weighted by atomic mass is 10.2. The number of halogens is 1. The molecule has 0 spiro atoms. The van der Waals surface area contributed by atoms with Crippen molar-refractivity contribution in [1.29, 1.82) is 0 Å². The van der Waals surface area contributed by atoms with Gasteiger partial charge in [-0.3, -0.25) is 4.79 Å². The van der Waals surface area contributed by atoms with Crippen molar-refractivity contribution in [2.45, 2.75) is 6.04 Å². The van der Waals surface area contributed by atoms with Crippen LogP contribution < -0.4 is 0 Å². The first-order chi connectivity index (χ1) is 5.68. The van der Waals surface area contributed by atoms with E-state index in [2.05, 4.69) is 15.0 Å². The number of nitrogens with zero attached hydrogens (tertiary/aromatic N) is 4. The molecule has 0 aromatic carbocycles. The van der Waals surface area contributed by atoms with Gasteiger partial charge in [-0.05, 0) is 11.6 Å². The number of hydrogen-bond donors (Lipinski definition) is 0. The molecule has 0 fully saturated rings. The summed E-state index contributed by atoms with van der Waals surface area (Å²) in [4.78, 5) is 24.1. The molecule has 0 N–H and O–H groups in total. The zero-order valence-corrected chi connectivity index (χ0v) is 6.99. The Hall–Kier alpha value is -1.23. The topological polar surface area (TPSA) is 57.4 Å². The molecule has 0 aromatic rings. The lowest BCUT2D eigenvalue weighted by molar-refractivity contribution is -0.119. The van der Waals surface area contributed by atoms with Gasteiger partial charge in [0.05, 0.1) is 6.34 Å². The molecule has 1 amide bonds. The molecule has 2 heterocycles. The molecule has 5 nitrogen and oxygen atoms in total. The zero-order valence-electron chi connectivity index (χ0n) is 6.23. The highest BCUT2D eigenvalue weighted by Crippen LogP contribution is 2.13. The summed E-state index contributed by atoms with van der Waals surface area (Å²) in [5, 5.41) is -0.0429. The Morgan fingerprint density at radius 2 is 2.33 bits per heavy atom. The average Bonchev–Trinajstić information content (AvgIpc) is 2.31. The summed E-state index contributed by atoms with van der Waals surface area (Å²) in [7, 11) is 1.74. The van der Waals surface area contributed by atoms with Gasteiger partial charge in [0.15, 0.2) is 11.9 Å². The number of likely N-dealkylation sites (N-methyl/N-ethyl adjacent to an activating group) is 1. The predicted octanol–water partition coefficient (Wildman–Crippen LogP) is -0.138. The molecule has 1 unspecified atom stereocenters. The second-order valence-corrected chi connectivity index (χ2v) is 2.84. The minimum Gasteiger partial charge on any atom is -0.347 e. The van der Waals surface area contributed by atoms with Gasteiger partial charge in [0.2, 0.25) is 5.29 Å². The van der Waals surface area contributed by atoms with Crippen molar-refractivity contribution in [1.82, 2.24) is 4.90 Å². The van der Waals surface area contributed by atoms with E-state index in [9.17, 15) is 4.79 Å². The van der Waals surface area contributed by atoms with Crippen molar-refractivity contribution >= 4 is 35.0 Å². The molecule has 2 rings (SSSR count). The number of carbonyl (C=O) groups is 1. The van der Waals surface area contributed by atoms with Crippen molar-refractivity contribution in [3.8, 4) is 0 Å². The van der Waals surface area contributed by atoms with Gasteiger partial charge in [-0.15, -0.1) is 0 Å². The van der Waals surface area contributed by atoms with Crippen LogP contribution in [0.3, 0.4) is 0 Å². The summed E-state index contributed by atoms with van der Waals surface area (Å²) >= 11 is 5.48. The number of amides is 1. The van der Waals surface area contributed by atoms with Gasteiger partial charge in [0.1, 0.15) is 0 Å². The summed E-state index contributed by atoms with van der Waals surface area (Å²) in [5.74, 6) is 0.104. The number of hydrogen-bond acceptors (Lipinski definition) is 4. The Labute approximate surface area is 73.5 Å². The van der Waals surface area contributed by atoms with E-state index < -0.39 is 6.04 Å². The molecule has 6 heteroatoms. The van der Waals surface area contributed by atoms with Gasteiger partial charge in [0.25, 0.3) is 5.91 Å². The lowest BCUT2D eigenvalue weighted by Crippen LogP contribution is -2.39. The minimum absolute atomic E-state index is 0.0429. The Bertz CT molecular complexity index is 332. The maximum absolute atomic E-state index is 11.2. The Morgan fingerprint density at radius 3 is 3.08 bits per heavy atom. The van der Waals surface area contributed by atoms with Crippen molar-refractivity contribution in [2.24, 2.45) is 15.0 Å². The van der Waals surface area contributed by atoms with Gasteiger partial charge in [0, 0.05) is 7.05 Å². The van der Waals surface area contributed by atoms with Crippen molar-refractivity contribution in [2.75, 3.05) is 7.05 Å². The van der Waals surface area contributed by atoms with E-state index in [1.54, 1.807) is 11.9 Å². The molecule has 0 radical (unpaired) electrons.